The second-order valence-electron chi connectivity index (χ2n) is 4.36. The van der Waals surface area contributed by atoms with Crippen molar-refractivity contribution in [2.24, 2.45) is 0 Å². The van der Waals surface area contributed by atoms with Crippen molar-refractivity contribution < 1.29 is 23.0 Å². The predicted molar refractivity (Wildman–Crippen MR) is 69.4 cm³/mol. The zero-order chi connectivity index (χ0) is 13.9. The number of ether oxygens (including phenoxy) is 2. The zero-order valence-electron chi connectivity index (χ0n) is 10.6. The minimum absolute atomic E-state index is 0.0579. The van der Waals surface area contributed by atoms with E-state index in [1.165, 1.54) is 12.1 Å². The first-order chi connectivity index (χ1) is 9.00. The van der Waals surface area contributed by atoms with Gasteiger partial charge in [-0.1, -0.05) is 0 Å². The van der Waals surface area contributed by atoms with E-state index in [0.29, 0.717) is 31.2 Å². The number of rotatable bonds is 5. The lowest BCUT2D eigenvalue weighted by molar-refractivity contribution is 0.0891. The van der Waals surface area contributed by atoms with Gasteiger partial charge in [-0.15, -0.1) is 0 Å². The van der Waals surface area contributed by atoms with E-state index in [-0.39, 0.29) is 17.6 Å². The van der Waals surface area contributed by atoms with Gasteiger partial charge in [0.1, 0.15) is 12.7 Å². The summed E-state index contributed by atoms with van der Waals surface area (Å²) >= 11 is 0. The van der Waals surface area contributed by atoms with Crippen LogP contribution in [0, 0.1) is 0 Å². The van der Waals surface area contributed by atoms with E-state index in [0.717, 1.165) is 6.26 Å². The summed E-state index contributed by atoms with van der Waals surface area (Å²) in [7, 11) is -3.26. The normalized spacial score (nSPS) is 18.3. The third kappa shape index (κ3) is 3.59. The molecule has 0 saturated carbocycles. The topological polar surface area (TPSA) is 84.9 Å². The van der Waals surface area contributed by atoms with Gasteiger partial charge in [-0.2, -0.15) is 0 Å². The van der Waals surface area contributed by atoms with E-state index < -0.39 is 9.84 Å². The van der Waals surface area contributed by atoms with Crippen molar-refractivity contribution in [3.05, 3.63) is 18.2 Å². The maximum Gasteiger partial charge on any atom is 0.175 e. The summed E-state index contributed by atoms with van der Waals surface area (Å²) in [6.07, 6.45) is 0.951. The number of aliphatic hydroxyl groups excluding tert-OH is 1. The van der Waals surface area contributed by atoms with E-state index in [2.05, 4.69) is 5.32 Å². The van der Waals surface area contributed by atoms with Crippen LogP contribution in [0.15, 0.2) is 23.1 Å². The van der Waals surface area contributed by atoms with Crippen LogP contribution in [0.25, 0.3) is 0 Å². The molecule has 6 nitrogen and oxygen atoms in total. The van der Waals surface area contributed by atoms with Crippen molar-refractivity contribution in [2.75, 3.05) is 32.6 Å². The SMILES string of the molecule is CS(=O)(=O)c1ccc2c(c1)O[C@H](CNCCO)CO2. The van der Waals surface area contributed by atoms with Gasteiger partial charge in [-0.25, -0.2) is 8.42 Å². The minimum atomic E-state index is -3.26. The quantitative estimate of drug-likeness (QED) is 0.730. The highest BCUT2D eigenvalue weighted by molar-refractivity contribution is 7.90. The Morgan fingerprint density at radius 1 is 1.42 bits per heavy atom. The molecule has 0 radical (unpaired) electrons. The molecule has 0 spiro atoms. The van der Waals surface area contributed by atoms with Crippen molar-refractivity contribution >= 4 is 9.84 Å². The number of hydrogen-bond donors (Lipinski definition) is 2. The number of nitrogens with one attached hydrogen (secondary N) is 1. The molecular formula is C12H17NO5S. The van der Waals surface area contributed by atoms with Gasteiger partial charge in [0.2, 0.25) is 0 Å². The van der Waals surface area contributed by atoms with E-state index in [9.17, 15) is 8.42 Å². The Kier molecular flexibility index (Phi) is 4.28. The van der Waals surface area contributed by atoms with Crippen molar-refractivity contribution in [3.63, 3.8) is 0 Å². The van der Waals surface area contributed by atoms with Gasteiger partial charge in [0.15, 0.2) is 21.3 Å². The first kappa shape index (κ1) is 14.1. The number of aliphatic hydroxyl groups is 1. The molecule has 106 valence electrons. The van der Waals surface area contributed by atoms with Gasteiger partial charge >= 0.3 is 0 Å². The second kappa shape index (κ2) is 5.77. The molecule has 0 amide bonds. The average molecular weight is 287 g/mol. The van der Waals surface area contributed by atoms with Crippen molar-refractivity contribution in [1.82, 2.24) is 5.32 Å². The Morgan fingerprint density at radius 3 is 2.89 bits per heavy atom. The van der Waals surface area contributed by atoms with E-state index in [1.54, 1.807) is 6.07 Å². The lowest BCUT2D eigenvalue weighted by Gasteiger charge is -2.27. The maximum atomic E-state index is 11.5. The molecule has 0 unspecified atom stereocenters. The highest BCUT2D eigenvalue weighted by Gasteiger charge is 2.22. The zero-order valence-corrected chi connectivity index (χ0v) is 11.4. The summed E-state index contributed by atoms with van der Waals surface area (Å²) in [4.78, 5) is 0.207. The number of hydrogen-bond acceptors (Lipinski definition) is 6. The third-order valence-corrected chi connectivity index (χ3v) is 3.83. The molecule has 7 heteroatoms. The molecule has 1 aromatic rings. The second-order valence-corrected chi connectivity index (χ2v) is 6.38. The highest BCUT2D eigenvalue weighted by atomic mass is 32.2. The first-order valence-corrected chi connectivity index (χ1v) is 7.85. The largest absolute Gasteiger partial charge is 0.486 e. The molecule has 0 aliphatic carbocycles. The Hall–Kier alpha value is -1.31. The molecule has 0 bridgehead atoms. The van der Waals surface area contributed by atoms with Gasteiger partial charge in [-0.05, 0) is 12.1 Å². The smallest absolute Gasteiger partial charge is 0.175 e. The fraction of sp³-hybridized carbons (Fsp3) is 0.500. The fourth-order valence-electron chi connectivity index (χ4n) is 1.77. The van der Waals surface area contributed by atoms with E-state index in [4.69, 9.17) is 14.6 Å². The summed E-state index contributed by atoms with van der Waals surface area (Å²) in [5, 5.41) is 11.7. The summed E-state index contributed by atoms with van der Waals surface area (Å²) in [6.45, 7) is 1.46. The summed E-state index contributed by atoms with van der Waals surface area (Å²) in [5.41, 5.74) is 0. The molecule has 0 saturated heterocycles. The molecule has 2 rings (SSSR count). The van der Waals surface area contributed by atoms with Gasteiger partial charge in [0, 0.05) is 25.4 Å². The van der Waals surface area contributed by atoms with Crippen LogP contribution in [0.3, 0.4) is 0 Å². The Bertz CT molecular complexity index is 543. The Labute approximate surface area is 112 Å². The van der Waals surface area contributed by atoms with Gasteiger partial charge in [-0.3, -0.25) is 0 Å². The average Bonchev–Trinajstić information content (AvgIpc) is 2.37. The molecule has 1 atom stereocenters. The summed E-state index contributed by atoms with van der Waals surface area (Å²) in [5.74, 6) is 0.982. The predicted octanol–water partition coefficient (Wildman–Crippen LogP) is -0.188. The minimum Gasteiger partial charge on any atom is -0.486 e. The molecule has 1 aliphatic heterocycles. The molecule has 1 aliphatic rings. The molecule has 1 aromatic carbocycles. The Morgan fingerprint density at radius 2 is 2.21 bits per heavy atom. The molecular weight excluding hydrogens is 270 g/mol. The maximum absolute atomic E-state index is 11.5. The molecule has 0 fully saturated rings. The summed E-state index contributed by atoms with van der Waals surface area (Å²) < 4.78 is 34.1. The van der Waals surface area contributed by atoms with E-state index in [1.807, 2.05) is 0 Å². The van der Waals surface area contributed by atoms with E-state index >= 15 is 0 Å². The highest BCUT2D eigenvalue weighted by Crippen LogP contribution is 2.33. The van der Waals surface area contributed by atoms with Crippen molar-refractivity contribution in [1.29, 1.82) is 0 Å². The van der Waals surface area contributed by atoms with Crippen molar-refractivity contribution in [2.45, 2.75) is 11.0 Å². The molecule has 2 N–H and O–H groups in total. The van der Waals surface area contributed by atoms with Crippen molar-refractivity contribution in [3.8, 4) is 11.5 Å². The number of benzene rings is 1. The lowest BCUT2D eigenvalue weighted by Crippen LogP contribution is -2.39. The van der Waals surface area contributed by atoms with Crippen LogP contribution in [0.2, 0.25) is 0 Å². The first-order valence-electron chi connectivity index (χ1n) is 5.96. The monoisotopic (exact) mass is 287 g/mol. The van der Waals surface area contributed by atoms with Crippen LogP contribution in [0.1, 0.15) is 0 Å². The standard InChI is InChI=1S/C12H17NO5S/c1-19(15,16)10-2-3-11-12(6-10)18-9(8-17-11)7-13-4-5-14/h2-3,6,9,13-14H,4-5,7-8H2,1H3/t9-/m1/s1. The van der Waals surface area contributed by atoms with Crippen LogP contribution < -0.4 is 14.8 Å². The van der Waals surface area contributed by atoms with Gasteiger partial charge in [0.25, 0.3) is 0 Å². The van der Waals surface area contributed by atoms with Gasteiger partial charge < -0.3 is 19.9 Å². The molecule has 0 aromatic heterocycles. The number of sulfone groups is 1. The molecule has 1 heterocycles. The molecule has 19 heavy (non-hydrogen) atoms. The van der Waals surface area contributed by atoms with Crippen LogP contribution in [-0.2, 0) is 9.84 Å². The summed E-state index contributed by atoms with van der Waals surface area (Å²) in [6, 6.07) is 4.58. The lowest BCUT2D eigenvalue weighted by atomic mass is 10.2. The Balaban J connectivity index is 2.10. The van der Waals surface area contributed by atoms with Crippen LogP contribution in [0.5, 0.6) is 11.5 Å². The van der Waals surface area contributed by atoms with Gasteiger partial charge in [0.05, 0.1) is 11.5 Å². The van der Waals surface area contributed by atoms with Crippen LogP contribution in [-0.4, -0.2) is 52.2 Å². The van der Waals surface area contributed by atoms with Crippen LogP contribution in [0.4, 0.5) is 0 Å². The van der Waals surface area contributed by atoms with Crippen LogP contribution >= 0.6 is 0 Å². The third-order valence-electron chi connectivity index (χ3n) is 2.72. The number of fused-ring (bicyclic) bond motifs is 1. The fourth-order valence-corrected chi connectivity index (χ4v) is 2.41.